The van der Waals surface area contributed by atoms with Crippen molar-refractivity contribution in [2.75, 3.05) is 11.4 Å². The summed E-state index contributed by atoms with van der Waals surface area (Å²) in [5, 5.41) is 0. The van der Waals surface area contributed by atoms with Gasteiger partial charge in [-0.3, -0.25) is 4.99 Å². The zero-order chi connectivity index (χ0) is 14.3. The van der Waals surface area contributed by atoms with Gasteiger partial charge in [-0.25, -0.2) is 0 Å². The van der Waals surface area contributed by atoms with Crippen LogP contribution in [0.25, 0.3) is 0 Å². The molecule has 1 aliphatic heterocycles. The molecule has 1 spiro atoms. The van der Waals surface area contributed by atoms with Crippen LogP contribution < -0.4 is 10.6 Å². The number of nitrogens with zero attached hydrogens (tertiary/aromatic N) is 2. The SMILES string of the molecule is Cc1ccc(N2C(N)=NCC23CCC(C)CC3C)cc1. The van der Waals surface area contributed by atoms with Crippen molar-refractivity contribution in [2.45, 2.75) is 45.6 Å². The number of hydrogen-bond acceptors (Lipinski definition) is 3. The minimum atomic E-state index is 0.103. The van der Waals surface area contributed by atoms with Crippen molar-refractivity contribution >= 4 is 11.6 Å². The number of nitrogens with two attached hydrogens (primary N) is 1. The Labute approximate surface area is 121 Å². The Balaban J connectivity index is 1.97. The predicted molar refractivity (Wildman–Crippen MR) is 85.1 cm³/mol. The van der Waals surface area contributed by atoms with Gasteiger partial charge in [0.25, 0.3) is 0 Å². The van der Waals surface area contributed by atoms with Gasteiger partial charge >= 0.3 is 0 Å². The van der Waals surface area contributed by atoms with Gasteiger partial charge in [-0.15, -0.1) is 0 Å². The summed E-state index contributed by atoms with van der Waals surface area (Å²) in [6, 6.07) is 8.67. The number of hydrogen-bond donors (Lipinski definition) is 1. The van der Waals surface area contributed by atoms with E-state index in [9.17, 15) is 0 Å². The Morgan fingerprint density at radius 3 is 2.60 bits per heavy atom. The molecule has 0 saturated heterocycles. The molecule has 3 nitrogen and oxygen atoms in total. The first kappa shape index (κ1) is 13.5. The number of anilines is 1. The van der Waals surface area contributed by atoms with E-state index in [4.69, 9.17) is 5.73 Å². The fourth-order valence-electron chi connectivity index (χ4n) is 3.92. The second kappa shape index (κ2) is 4.80. The summed E-state index contributed by atoms with van der Waals surface area (Å²) >= 11 is 0. The zero-order valence-electron chi connectivity index (χ0n) is 12.8. The van der Waals surface area contributed by atoms with E-state index in [2.05, 4.69) is 54.9 Å². The number of aliphatic imine (C=N–C) groups is 1. The molecular weight excluding hydrogens is 246 g/mol. The fourth-order valence-corrected chi connectivity index (χ4v) is 3.92. The Morgan fingerprint density at radius 2 is 1.95 bits per heavy atom. The average Bonchev–Trinajstić information content (AvgIpc) is 2.74. The van der Waals surface area contributed by atoms with Crippen molar-refractivity contribution in [1.82, 2.24) is 0 Å². The Morgan fingerprint density at radius 1 is 1.25 bits per heavy atom. The van der Waals surface area contributed by atoms with E-state index in [0.717, 1.165) is 12.5 Å². The van der Waals surface area contributed by atoms with Crippen LogP contribution in [-0.2, 0) is 0 Å². The number of benzene rings is 1. The molecule has 1 saturated carbocycles. The molecule has 1 aromatic rings. The summed E-state index contributed by atoms with van der Waals surface area (Å²) in [6.45, 7) is 7.69. The summed E-state index contributed by atoms with van der Waals surface area (Å²) in [7, 11) is 0. The van der Waals surface area contributed by atoms with Gasteiger partial charge in [0, 0.05) is 5.69 Å². The highest BCUT2D eigenvalue weighted by Gasteiger charge is 2.49. The Hall–Kier alpha value is -1.51. The highest BCUT2D eigenvalue weighted by atomic mass is 15.4. The number of rotatable bonds is 1. The lowest BCUT2D eigenvalue weighted by Crippen LogP contribution is -2.58. The molecular formula is C17H25N3. The van der Waals surface area contributed by atoms with E-state index in [1.54, 1.807) is 0 Å². The molecule has 3 heteroatoms. The maximum Gasteiger partial charge on any atom is 0.196 e. The molecule has 1 fully saturated rings. The number of guanidine groups is 1. The average molecular weight is 271 g/mol. The fraction of sp³-hybridized carbons (Fsp3) is 0.588. The molecule has 1 aromatic carbocycles. The van der Waals surface area contributed by atoms with Crippen LogP contribution in [0, 0.1) is 18.8 Å². The van der Waals surface area contributed by atoms with Gasteiger partial charge in [-0.05, 0) is 50.2 Å². The summed E-state index contributed by atoms with van der Waals surface area (Å²) in [5.74, 6) is 2.13. The first-order valence-corrected chi connectivity index (χ1v) is 7.70. The molecule has 3 atom stereocenters. The van der Waals surface area contributed by atoms with Gasteiger partial charge in [-0.2, -0.15) is 0 Å². The van der Waals surface area contributed by atoms with Crippen LogP contribution in [0.4, 0.5) is 5.69 Å². The summed E-state index contributed by atoms with van der Waals surface area (Å²) in [4.78, 5) is 6.90. The molecule has 20 heavy (non-hydrogen) atoms. The maximum absolute atomic E-state index is 6.23. The molecule has 108 valence electrons. The molecule has 1 aliphatic carbocycles. The predicted octanol–water partition coefficient (Wildman–Crippen LogP) is 3.32. The maximum atomic E-state index is 6.23. The van der Waals surface area contributed by atoms with Crippen LogP contribution in [-0.4, -0.2) is 18.0 Å². The molecule has 3 rings (SSSR count). The van der Waals surface area contributed by atoms with Crippen LogP contribution in [0.15, 0.2) is 29.3 Å². The second-order valence-corrected chi connectivity index (χ2v) is 6.73. The van der Waals surface area contributed by atoms with Gasteiger partial charge in [0.2, 0.25) is 0 Å². The van der Waals surface area contributed by atoms with Crippen molar-refractivity contribution in [1.29, 1.82) is 0 Å². The first-order chi connectivity index (χ1) is 9.53. The van der Waals surface area contributed by atoms with E-state index < -0.39 is 0 Å². The van der Waals surface area contributed by atoms with Crippen LogP contribution in [0.2, 0.25) is 0 Å². The van der Waals surface area contributed by atoms with Crippen LogP contribution in [0.3, 0.4) is 0 Å². The Kier molecular flexibility index (Phi) is 3.23. The lowest BCUT2D eigenvalue weighted by Gasteiger charge is -2.48. The second-order valence-electron chi connectivity index (χ2n) is 6.73. The number of aryl methyl sites for hydroxylation is 1. The van der Waals surface area contributed by atoms with E-state index >= 15 is 0 Å². The molecule has 3 unspecified atom stereocenters. The van der Waals surface area contributed by atoms with Gasteiger partial charge in [0.05, 0.1) is 12.1 Å². The van der Waals surface area contributed by atoms with E-state index in [1.807, 2.05) is 0 Å². The smallest absolute Gasteiger partial charge is 0.196 e. The molecule has 0 radical (unpaired) electrons. The topological polar surface area (TPSA) is 41.6 Å². The quantitative estimate of drug-likeness (QED) is 0.851. The standard InChI is InChI=1S/C17H25N3/c1-12-4-6-15(7-5-12)20-16(18)19-11-17(20)9-8-13(2)10-14(17)3/h4-7,13-14H,8-11H2,1-3H3,(H2,18,19). The van der Waals surface area contributed by atoms with Crippen molar-refractivity contribution in [3.63, 3.8) is 0 Å². The van der Waals surface area contributed by atoms with Crippen LogP contribution in [0.5, 0.6) is 0 Å². The highest BCUT2D eigenvalue weighted by molar-refractivity contribution is 5.98. The Bertz CT molecular complexity index is 520. The molecule has 1 heterocycles. The monoisotopic (exact) mass is 271 g/mol. The summed E-state index contributed by atoms with van der Waals surface area (Å²) in [6.07, 6.45) is 3.73. The van der Waals surface area contributed by atoms with Gasteiger partial charge in [-0.1, -0.05) is 31.5 Å². The lowest BCUT2D eigenvalue weighted by atomic mass is 9.69. The normalized spacial score (nSPS) is 33.5. The third-order valence-electron chi connectivity index (χ3n) is 5.22. The van der Waals surface area contributed by atoms with Crippen molar-refractivity contribution in [3.8, 4) is 0 Å². The molecule has 0 amide bonds. The van der Waals surface area contributed by atoms with E-state index in [0.29, 0.717) is 11.9 Å². The molecule has 0 aromatic heterocycles. The first-order valence-electron chi connectivity index (χ1n) is 7.70. The van der Waals surface area contributed by atoms with Gasteiger partial charge < -0.3 is 10.6 Å². The minimum absolute atomic E-state index is 0.103. The van der Waals surface area contributed by atoms with Crippen molar-refractivity contribution in [2.24, 2.45) is 22.6 Å². The minimum Gasteiger partial charge on any atom is -0.369 e. The van der Waals surface area contributed by atoms with Crippen LogP contribution in [0.1, 0.15) is 38.7 Å². The van der Waals surface area contributed by atoms with E-state index in [1.165, 1.54) is 30.5 Å². The molecule has 2 aliphatic rings. The van der Waals surface area contributed by atoms with Crippen molar-refractivity contribution < 1.29 is 0 Å². The third-order valence-corrected chi connectivity index (χ3v) is 5.22. The van der Waals surface area contributed by atoms with Gasteiger partial charge in [0.15, 0.2) is 5.96 Å². The van der Waals surface area contributed by atoms with E-state index in [-0.39, 0.29) is 5.54 Å². The molecule has 2 N–H and O–H groups in total. The third kappa shape index (κ3) is 2.00. The summed E-state index contributed by atoms with van der Waals surface area (Å²) < 4.78 is 0. The van der Waals surface area contributed by atoms with Crippen molar-refractivity contribution in [3.05, 3.63) is 29.8 Å². The largest absolute Gasteiger partial charge is 0.369 e. The summed E-state index contributed by atoms with van der Waals surface area (Å²) in [5.41, 5.74) is 8.80. The van der Waals surface area contributed by atoms with Crippen LogP contribution >= 0.6 is 0 Å². The lowest BCUT2D eigenvalue weighted by molar-refractivity contribution is 0.180. The zero-order valence-corrected chi connectivity index (χ0v) is 12.8. The van der Waals surface area contributed by atoms with Gasteiger partial charge in [0.1, 0.15) is 0 Å². The molecule has 0 bridgehead atoms. The highest BCUT2D eigenvalue weighted by Crippen LogP contribution is 2.45.